The normalized spacial score (nSPS) is 10.2. The third-order valence-corrected chi connectivity index (χ3v) is 2.35. The predicted octanol–water partition coefficient (Wildman–Crippen LogP) is 3.94. The fourth-order valence-electron chi connectivity index (χ4n) is 1.43. The van der Waals surface area contributed by atoms with E-state index in [1.807, 2.05) is 0 Å². The van der Waals surface area contributed by atoms with Crippen molar-refractivity contribution >= 4 is 5.69 Å². The summed E-state index contributed by atoms with van der Waals surface area (Å²) < 4.78 is 0. The minimum absolute atomic E-state index is 1.02. The van der Waals surface area contributed by atoms with E-state index in [-0.39, 0.29) is 0 Å². The molecule has 1 aromatic rings. The molecule has 0 aliphatic carbocycles. The van der Waals surface area contributed by atoms with Gasteiger partial charge in [-0.2, -0.15) is 0 Å². The lowest BCUT2D eigenvalue weighted by Gasteiger charge is -2.10. The Hall–Kier alpha value is -0.980. The van der Waals surface area contributed by atoms with Crippen LogP contribution in [0.15, 0.2) is 18.2 Å². The lowest BCUT2D eigenvalue weighted by Crippen LogP contribution is -1.98. The molecular weight excluding hydrogens is 170 g/mol. The topological polar surface area (TPSA) is 12.0 Å². The van der Waals surface area contributed by atoms with Crippen LogP contribution in [0.1, 0.15) is 37.3 Å². The minimum atomic E-state index is 1.02. The SMILES string of the molecule is CCCC[C]Nc1c(C)cccc1C. The van der Waals surface area contributed by atoms with Gasteiger partial charge in [-0.1, -0.05) is 38.0 Å². The molecular formula is C13H19N. The van der Waals surface area contributed by atoms with E-state index in [0.29, 0.717) is 0 Å². The summed E-state index contributed by atoms with van der Waals surface area (Å²) in [5.74, 6) is 0. The molecule has 76 valence electrons. The zero-order valence-electron chi connectivity index (χ0n) is 9.35. The van der Waals surface area contributed by atoms with Gasteiger partial charge in [-0.25, -0.2) is 0 Å². The van der Waals surface area contributed by atoms with Crippen molar-refractivity contribution in [1.29, 1.82) is 0 Å². The van der Waals surface area contributed by atoms with Gasteiger partial charge in [0.05, 0.1) is 6.54 Å². The van der Waals surface area contributed by atoms with E-state index < -0.39 is 0 Å². The molecule has 2 radical (unpaired) electrons. The standard InChI is InChI=1S/C13H19N/c1-4-5-6-10-14-13-11(2)8-7-9-12(13)3/h7-9,14H,4-6H2,1-3H3. The number of benzene rings is 1. The molecule has 0 aliphatic heterocycles. The van der Waals surface area contributed by atoms with Crippen LogP contribution < -0.4 is 5.32 Å². The first-order valence-corrected chi connectivity index (χ1v) is 5.30. The van der Waals surface area contributed by atoms with Gasteiger partial charge in [0.1, 0.15) is 0 Å². The summed E-state index contributed by atoms with van der Waals surface area (Å²) >= 11 is 0. The van der Waals surface area contributed by atoms with Crippen LogP contribution in [0, 0.1) is 20.4 Å². The van der Waals surface area contributed by atoms with Gasteiger partial charge in [-0.3, -0.25) is 0 Å². The molecule has 0 spiro atoms. The van der Waals surface area contributed by atoms with E-state index >= 15 is 0 Å². The Morgan fingerprint density at radius 3 is 2.43 bits per heavy atom. The van der Waals surface area contributed by atoms with Crippen molar-refractivity contribution in [1.82, 2.24) is 0 Å². The number of nitrogens with one attached hydrogen (secondary N) is 1. The van der Waals surface area contributed by atoms with E-state index in [2.05, 4.69) is 50.8 Å². The Balaban J connectivity index is 2.49. The number of hydrogen-bond donors (Lipinski definition) is 1. The molecule has 1 heteroatoms. The Bertz CT molecular complexity index is 258. The Morgan fingerprint density at radius 1 is 1.21 bits per heavy atom. The third-order valence-electron chi connectivity index (χ3n) is 2.35. The summed E-state index contributed by atoms with van der Waals surface area (Å²) in [5.41, 5.74) is 3.78. The van der Waals surface area contributed by atoms with E-state index in [1.54, 1.807) is 0 Å². The van der Waals surface area contributed by atoms with Crippen LogP contribution in [0.25, 0.3) is 0 Å². The second-order valence-corrected chi connectivity index (χ2v) is 3.67. The third kappa shape index (κ3) is 3.06. The molecule has 14 heavy (non-hydrogen) atoms. The molecule has 0 saturated carbocycles. The summed E-state index contributed by atoms with van der Waals surface area (Å²) in [6, 6.07) is 6.33. The van der Waals surface area contributed by atoms with Crippen molar-refractivity contribution in [2.75, 3.05) is 5.32 Å². The van der Waals surface area contributed by atoms with Crippen LogP contribution >= 0.6 is 0 Å². The zero-order chi connectivity index (χ0) is 10.4. The summed E-state index contributed by atoms with van der Waals surface area (Å²) in [5, 5.41) is 3.27. The second-order valence-electron chi connectivity index (χ2n) is 3.67. The van der Waals surface area contributed by atoms with Crippen molar-refractivity contribution in [3.63, 3.8) is 0 Å². The van der Waals surface area contributed by atoms with Gasteiger partial charge in [0, 0.05) is 5.69 Å². The van der Waals surface area contributed by atoms with E-state index in [9.17, 15) is 0 Å². The molecule has 0 amide bonds. The van der Waals surface area contributed by atoms with Crippen molar-refractivity contribution in [2.24, 2.45) is 0 Å². The van der Waals surface area contributed by atoms with Crippen LogP contribution in [-0.4, -0.2) is 0 Å². The van der Waals surface area contributed by atoms with Crippen LogP contribution in [-0.2, 0) is 0 Å². The Kier molecular flexibility index (Phi) is 4.51. The first-order valence-electron chi connectivity index (χ1n) is 5.30. The number of para-hydroxylation sites is 1. The highest BCUT2D eigenvalue weighted by atomic mass is 14.9. The molecule has 0 unspecified atom stereocenters. The van der Waals surface area contributed by atoms with Gasteiger partial charge < -0.3 is 5.32 Å². The molecule has 0 aliphatic rings. The molecule has 1 aromatic carbocycles. The largest absolute Gasteiger partial charge is 0.374 e. The molecule has 0 aromatic heterocycles. The highest BCUT2D eigenvalue weighted by Gasteiger charge is 2.00. The molecule has 0 saturated heterocycles. The lowest BCUT2D eigenvalue weighted by molar-refractivity contribution is 0.786. The van der Waals surface area contributed by atoms with Crippen molar-refractivity contribution < 1.29 is 0 Å². The van der Waals surface area contributed by atoms with Gasteiger partial charge in [-0.15, -0.1) is 0 Å². The molecule has 0 heterocycles. The van der Waals surface area contributed by atoms with E-state index in [0.717, 1.165) is 6.42 Å². The first-order chi connectivity index (χ1) is 6.75. The van der Waals surface area contributed by atoms with Crippen LogP contribution in [0.2, 0.25) is 0 Å². The number of unbranched alkanes of at least 4 members (excludes halogenated alkanes) is 2. The average molecular weight is 189 g/mol. The van der Waals surface area contributed by atoms with Gasteiger partial charge in [0.25, 0.3) is 0 Å². The molecule has 1 N–H and O–H groups in total. The maximum atomic E-state index is 3.27. The Morgan fingerprint density at radius 2 is 1.86 bits per heavy atom. The van der Waals surface area contributed by atoms with Gasteiger partial charge in [0.2, 0.25) is 0 Å². The fourth-order valence-corrected chi connectivity index (χ4v) is 1.43. The molecule has 0 atom stereocenters. The van der Waals surface area contributed by atoms with Crippen LogP contribution in [0.5, 0.6) is 0 Å². The fraction of sp³-hybridized carbons (Fsp3) is 0.462. The van der Waals surface area contributed by atoms with Crippen molar-refractivity contribution in [2.45, 2.75) is 40.0 Å². The molecule has 1 nitrogen and oxygen atoms in total. The minimum Gasteiger partial charge on any atom is -0.374 e. The molecule has 0 bridgehead atoms. The van der Waals surface area contributed by atoms with E-state index in [1.165, 1.54) is 29.7 Å². The molecule has 1 rings (SSSR count). The summed E-state index contributed by atoms with van der Waals surface area (Å²) in [6.07, 6.45) is 3.45. The lowest BCUT2D eigenvalue weighted by atomic mass is 10.1. The van der Waals surface area contributed by atoms with Crippen LogP contribution in [0.3, 0.4) is 0 Å². The van der Waals surface area contributed by atoms with Gasteiger partial charge in [0.15, 0.2) is 0 Å². The smallest absolute Gasteiger partial charge is 0.0880 e. The quantitative estimate of drug-likeness (QED) is 0.546. The number of rotatable bonds is 5. The van der Waals surface area contributed by atoms with Gasteiger partial charge in [-0.05, 0) is 31.4 Å². The van der Waals surface area contributed by atoms with Crippen LogP contribution in [0.4, 0.5) is 5.69 Å². The summed E-state index contributed by atoms with van der Waals surface area (Å²) in [4.78, 5) is 0. The van der Waals surface area contributed by atoms with Gasteiger partial charge >= 0.3 is 0 Å². The first kappa shape index (κ1) is 11.1. The number of aryl methyl sites for hydroxylation is 2. The second kappa shape index (κ2) is 5.69. The van der Waals surface area contributed by atoms with Crippen molar-refractivity contribution in [3.8, 4) is 0 Å². The highest BCUT2D eigenvalue weighted by molar-refractivity contribution is 5.57. The highest BCUT2D eigenvalue weighted by Crippen LogP contribution is 2.20. The molecule has 0 fully saturated rings. The zero-order valence-corrected chi connectivity index (χ0v) is 9.35. The monoisotopic (exact) mass is 189 g/mol. The Labute approximate surface area is 87.5 Å². The number of hydrogen-bond acceptors (Lipinski definition) is 1. The van der Waals surface area contributed by atoms with Crippen molar-refractivity contribution in [3.05, 3.63) is 35.9 Å². The number of anilines is 1. The maximum Gasteiger partial charge on any atom is 0.0880 e. The average Bonchev–Trinajstić information content (AvgIpc) is 2.16. The maximum absolute atomic E-state index is 3.27. The predicted molar refractivity (Wildman–Crippen MR) is 62.3 cm³/mol. The van der Waals surface area contributed by atoms with E-state index in [4.69, 9.17) is 0 Å². The summed E-state index contributed by atoms with van der Waals surface area (Å²) in [7, 11) is 0. The summed E-state index contributed by atoms with van der Waals surface area (Å²) in [6.45, 7) is 9.67.